The normalized spacial score (nSPS) is 10.8. The van der Waals surface area contributed by atoms with E-state index in [9.17, 15) is 4.79 Å². The number of thioether (sulfide) groups is 1. The second-order valence-corrected chi connectivity index (χ2v) is 8.46. The van der Waals surface area contributed by atoms with Crippen molar-refractivity contribution in [2.45, 2.75) is 23.9 Å². The molecule has 0 fully saturated rings. The molecule has 4 rings (SSSR count). The predicted molar refractivity (Wildman–Crippen MR) is 132 cm³/mol. The maximum Gasteiger partial charge on any atom is 0.337 e. The molecular formula is C26H26N4O3S. The first kappa shape index (κ1) is 23.5. The van der Waals surface area contributed by atoms with Gasteiger partial charge in [0.2, 0.25) is 0 Å². The summed E-state index contributed by atoms with van der Waals surface area (Å²) in [6.07, 6.45) is 0.619. The number of carbonyl (C=O) groups is 1. The Bertz CT molecular complexity index is 1210. The van der Waals surface area contributed by atoms with Crippen molar-refractivity contribution in [3.05, 3.63) is 101 Å². The molecule has 0 radical (unpaired) electrons. The second-order valence-electron chi connectivity index (χ2n) is 7.52. The monoisotopic (exact) mass is 474 g/mol. The van der Waals surface area contributed by atoms with Gasteiger partial charge in [0.05, 0.1) is 12.7 Å². The molecule has 1 aromatic heterocycles. The molecule has 0 saturated heterocycles. The van der Waals surface area contributed by atoms with E-state index in [4.69, 9.17) is 15.2 Å². The minimum atomic E-state index is -0.346. The summed E-state index contributed by atoms with van der Waals surface area (Å²) in [7, 11) is 1.37. The Morgan fingerprint density at radius 1 is 0.941 bits per heavy atom. The Labute approximate surface area is 202 Å². The fraction of sp³-hybridized carbons (Fsp3) is 0.192. The summed E-state index contributed by atoms with van der Waals surface area (Å²) in [6, 6.07) is 25.3. The van der Waals surface area contributed by atoms with Crippen molar-refractivity contribution in [2.24, 2.45) is 5.73 Å². The van der Waals surface area contributed by atoms with Gasteiger partial charge in [0.1, 0.15) is 18.2 Å². The van der Waals surface area contributed by atoms with Gasteiger partial charge < -0.3 is 15.2 Å². The van der Waals surface area contributed by atoms with Crippen molar-refractivity contribution in [3.63, 3.8) is 0 Å². The molecule has 1 heterocycles. The highest BCUT2D eigenvalue weighted by molar-refractivity contribution is 7.98. The van der Waals surface area contributed by atoms with Gasteiger partial charge >= 0.3 is 5.97 Å². The van der Waals surface area contributed by atoms with Crippen LogP contribution in [0.2, 0.25) is 0 Å². The van der Waals surface area contributed by atoms with Gasteiger partial charge in [-0.25, -0.2) is 4.79 Å². The van der Waals surface area contributed by atoms with E-state index < -0.39 is 0 Å². The van der Waals surface area contributed by atoms with Crippen LogP contribution in [0.4, 0.5) is 0 Å². The molecule has 4 aromatic rings. The van der Waals surface area contributed by atoms with Crippen LogP contribution in [-0.2, 0) is 23.5 Å². The molecule has 174 valence electrons. The summed E-state index contributed by atoms with van der Waals surface area (Å²) in [5.41, 5.74) is 9.47. The first-order valence-corrected chi connectivity index (χ1v) is 11.9. The molecule has 2 N–H and O–H groups in total. The summed E-state index contributed by atoms with van der Waals surface area (Å²) in [4.78, 5) is 11.6. The van der Waals surface area contributed by atoms with Crippen molar-refractivity contribution < 1.29 is 14.3 Å². The molecule has 0 saturated carbocycles. The number of rotatable bonds is 10. The van der Waals surface area contributed by atoms with Gasteiger partial charge in [-0.1, -0.05) is 54.2 Å². The first-order chi connectivity index (χ1) is 16.7. The van der Waals surface area contributed by atoms with Crippen LogP contribution < -0.4 is 10.5 Å². The van der Waals surface area contributed by atoms with Crippen LogP contribution in [0.1, 0.15) is 27.3 Å². The molecule has 0 amide bonds. The molecule has 34 heavy (non-hydrogen) atoms. The van der Waals surface area contributed by atoms with Gasteiger partial charge in [-0.3, -0.25) is 4.57 Å². The summed E-state index contributed by atoms with van der Waals surface area (Å²) in [6.45, 7) is 0.997. The lowest BCUT2D eigenvalue weighted by Gasteiger charge is -2.12. The third kappa shape index (κ3) is 5.84. The van der Waals surface area contributed by atoms with E-state index in [1.165, 1.54) is 7.11 Å². The Kier molecular flexibility index (Phi) is 7.95. The van der Waals surface area contributed by atoms with Gasteiger partial charge in [0, 0.05) is 17.9 Å². The number of aromatic nitrogens is 3. The largest absolute Gasteiger partial charge is 0.489 e. The van der Waals surface area contributed by atoms with Crippen LogP contribution in [-0.4, -0.2) is 34.4 Å². The van der Waals surface area contributed by atoms with Gasteiger partial charge in [-0.15, -0.1) is 10.2 Å². The van der Waals surface area contributed by atoms with Crippen LogP contribution in [0.15, 0.2) is 84.0 Å². The van der Waals surface area contributed by atoms with E-state index >= 15 is 0 Å². The van der Waals surface area contributed by atoms with E-state index in [1.807, 2.05) is 71.3 Å². The summed E-state index contributed by atoms with van der Waals surface area (Å²) < 4.78 is 12.7. The molecule has 0 aliphatic carbocycles. The van der Waals surface area contributed by atoms with Crippen molar-refractivity contribution in [1.29, 1.82) is 0 Å². The Hall–Kier alpha value is -3.62. The standard InChI is InChI=1S/C26H26N4O3S/c1-32-25(31)21-9-7-20(8-10-21)18-34-26-29-28-24(15-16-27)30(26)22-11-13-23(14-12-22)33-17-19-5-3-2-4-6-19/h2-14H,15-18,27H2,1H3. The van der Waals surface area contributed by atoms with Gasteiger partial charge in [0.15, 0.2) is 5.16 Å². The minimum Gasteiger partial charge on any atom is -0.489 e. The van der Waals surface area contributed by atoms with E-state index in [0.29, 0.717) is 30.9 Å². The zero-order chi connectivity index (χ0) is 23.8. The maximum atomic E-state index is 11.6. The smallest absolute Gasteiger partial charge is 0.337 e. The lowest BCUT2D eigenvalue weighted by Crippen LogP contribution is -2.09. The molecule has 8 heteroatoms. The van der Waals surface area contributed by atoms with Crippen molar-refractivity contribution in [3.8, 4) is 11.4 Å². The van der Waals surface area contributed by atoms with E-state index in [-0.39, 0.29) is 5.97 Å². The fourth-order valence-electron chi connectivity index (χ4n) is 3.38. The number of ether oxygens (including phenoxy) is 2. The van der Waals surface area contributed by atoms with Gasteiger partial charge in [-0.05, 0) is 54.1 Å². The van der Waals surface area contributed by atoms with E-state index in [0.717, 1.165) is 33.5 Å². The predicted octanol–water partition coefficient (Wildman–Crippen LogP) is 4.43. The molecular weight excluding hydrogens is 448 g/mol. The van der Waals surface area contributed by atoms with Crippen molar-refractivity contribution in [2.75, 3.05) is 13.7 Å². The number of nitrogens with two attached hydrogens (primary N) is 1. The lowest BCUT2D eigenvalue weighted by atomic mass is 10.1. The third-order valence-corrected chi connectivity index (χ3v) is 6.15. The van der Waals surface area contributed by atoms with Crippen LogP contribution in [0.25, 0.3) is 5.69 Å². The molecule has 7 nitrogen and oxygen atoms in total. The summed E-state index contributed by atoms with van der Waals surface area (Å²) in [5, 5.41) is 9.54. The molecule has 0 aliphatic heterocycles. The van der Waals surface area contributed by atoms with Crippen LogP contribution in [0.3, 0.4) is 0 Å². The number of carbonyl (C=O) groups excluding carboxylic acids is 1. The Balaban J connectivity index is 1.47. The third-order valence-electron chi connectivity index (χ3n) is 5.15. The Morgan fingerprint density at radius 2 is 1.68 bits per heavy atom. The second kappa shape index (κ2) is 11.5. The van der Waals surface area contributed by atoms with E-state index in [2.05, 4.69) is 10.2 Å². The van der Waals surface area contributed by atoms with Crippen molar-refractivity contribution >= 4 is 17.7 Å². The molecule has 0 bridgehead atoms. The highest BCUT2D eigenvalue weighted by Gasteiger charge is 2.15. The molecule has 0 aliphatic rings. The lowest BCUT2D eigenvalue weighted by molar-refractivity contribution is 0.0600. The van der Waals surface area contributed by atoms with Crippen LogP contribution in [0, 0.1) is 0 Å². The number of hydrogen-bond donors (Lipinski definition) is 1. The number of esters is 1. The molecule has 3 aromatic carbocycles. The molecule has 0 unspecified atom stereocenters. The minimum absolute atomic E-state index is 0.346. The quantitative estimate of drug-likeness (QED) is 0.269. The van der Waals surface area contributed by atoms with Crippen LogP contribution in [0.5, 0.6) is 5.75 Å². The zero-order valence-electron chi connectivity index (χ0n) is 18.9. The number of hydrogen-bond acceptors (Lipinski definition) is 7. The van der Waals surface area contributed by atoms with Crippen LogP contribution >= 0.6 is 11.8 Å². The summed E-state index contributed by atoms with van der Waals surface area (Å²) >= 11 is 1.57. The van der Waals surface area contributed by atoms with Gasteiger partial charge in [-0.2, -0.15) is 0 Å². The number of nitrogens with zero attached hydrogens (tertiary/aromatic N) is 3. The zero-order valence-corrected chi connectivity index (χ0v) is 19.7. The topological polar surface area (TPSA) is 92.3 Å². The summed E-state index contributed by atoms with van der Waals surface area (Å²) in [5.74, 6) is 1.94. The fourth-order valence-corrected chi connectivity index (χ4v) is 4.31. The van der Waals surface area contributed by atoms with Crippen molar-refractivity contribution in [1.82, 2.24) is 14.8 Å². The highest BCUT2D eigenvalue weighted by Crippen LogP contribution is 2.27. The van der Waals surface area contributed by atoms with Gasteiger partial charge in [0.25, 0.3) is 0 Å². The highest BCUT2D eigenvalue weighted by atomic mass is 32.2. The first-order valence-electron chi connectivity index (χ1n) is 10.9. The molecule has 0 atom stereocenters. The maximum absolute atomic E-state index is 11.6. The van der Waals surface area contributed by atoms with E-state index in [1.54, 1.807) is 23.9 Å². The SMILES string of the molecule is COC(=O)c1ccc(CSc2nnc(CCN)n2-c2ccc(OCc3ccccc3)cc2)cc1. The Morgan fingerprint density at radius 3 is 2.35 bits per heavy atom. The average Bonchev–Trinajstić information content (AvgIpc) is 3.29. The number of methoxy groups -OCH3 is 1. The average molecular weight is 475 g/mol. The number of benzene rings is 3. The molecule has 0 spiro atoms.